The second-order valence-electron chi connectivity index (χ2n) is 7.08. The van der Waals surface area contributed by atoms with Crippen molar-refractivity contribution in [3.63, 3.8) is 0 Å². The summed E-state index contributed by atoms with van der Waals surface area (Å²) in [6.45, 7) is 5.11. The van der Waals surface area contributed by atoms with Crippen molar-refractivity contribution in [3.8, 4) is 0 Å². The Hall–Kier alpha value is -1.13. The Morgan fingerprint density at radius 2 is 2.04 bits per heavy atom. The van der Waals surface area contributed by atoms with Crippen LogP contribution in [0.2, 0.25) is 0 Å². The zero-order valence-electron chi connectivity index (χ0n) is 14.3. The molecule has 1 aromatic carbocycles. The van der Waals surface area contributed by atoms with Gasteiger partial charge in [0.1, 0.15) is 5.82 Å². The maximum absolute atomic E-state index is 13.6. The number of carbonyl (C=O) groups is 1. The average Bonchev–Trinajstić information content (AvgIpc) is 2.95. The highest BCUT2D eigenvalue weighted by Gasteiger charge is 2.35. The molecule has 3 nitrogen and oxygen atoms in total. The summed E-state index contributed by atoms with van der Waals surface area (Å²) in [5, 5.41) is 3.37. The van der Waals surface area contributed by atoms with Crippen LogP contribution in [0.3, 0.4) is 0 Å². The van der Waals surface area contributed by atoms with E-state index in [2.05, 4.69) is 12.2 Å². The van der Waals surface area contributed by atoms with E-state index >= 15 is 0 Å². The second kappa shape index (κ2) is 8.82. The number of nitrogens with zero attached hydrogens (tertiary/aromatic N) is 1. The van der Waals surface area contributed by atoms with Crippen LogP contribution in [-0.2, 0) is 4.79 Å². The van der Waals surface area contributed by atoms with E-state index in [0.717, 1.165) is 38.0 Å². The maximum Gasteiger partial charge on any atom is 0.223 e. The van der Waals surface area contributed by atoms with Gasteiger partial charge in [0.15, 0.2) is 0 Å². The third kappa shape index (κ3) is 4.48. The van der Waals surface area contributed by atoms with Crippen LogP contribution in [-0.4, -0.2) is 30.4 Å². The lowest BCUT2D eigenvalue weighted by atomic mass is 9.92. The summed E-state index contributed by atoms with van der Waals surface area (Å²) in [5.41, 5.74) is 0.935. The molecule has 2 aliphatic rings. The van der Waals surface area contributed by atoms with Gasteiger partial charge >= 0.3 is 0 Å². The van der Waals surface area contributed by atoms with Gasteiger partial charge in [0.2, 0.25) is 5.91 Å². The number of piperidine rings is 1. The van der Waals surface area contributed by atoms with E-state index in [9.17, 15) is 9.18 Å². The standard InChI is InChI=1S/C19H27FN2O.ClH/c1-14-9-12-22(19(14)16-3-2-4-17(20)13-16)18(23)6-5-15-7-10-21-11-8-15;/h2-4,13-15,19,21H,5-12H2,1H3;1H. The van der Waals surface area contributed by atoms with Crippen LogP contribution in [0.4, 0.5) is 4.39 Å². The number of hydrogen-bond acceptors (Lipinski definition) is 2. The lowest BCUT2D eigenvalue weighted by Gasteiger charge is -2.29. The number of hydrogen-bond donors (Lipinski definition) is 1. The Morgan fingerprint density at radius 1 is 1.29 bits per heavy atom. The zero-order chi connectivity index (χ0) is 16.2. The lowest BCUT2D eigenvalue weighted by molar-refractivity contribution is -0.132. The van der Waals surface area contributed by atoms with Gasteiger partial charge in [0, 0.05) is 13.0 Å². The molecule has 3 rings (SSSR count). The molecule has 0 spiro atoms. The summed E-state index contributed by atoms with van der Waals surface area (Å²) in [4.78, 5) is 14.7. The predicted octanol–water partition coefficient (Wildman–Crippen LogP) is 3.94. The third-order valence-electron chi connectivity index (χ3n) is 5.44. The highest BCUT2D eigenvalue weighted by molar-refractivity contribution is 5.85. The van der Waals surface area contributed by atoms with Crippen LogP contribution >= 0.6 is 12.4 Å². The number of nitrogens with one attached hydrogen (secondary N) is 1. The van der Waals surface area contributed by atoms with Crippen LogP contribution in [0.5, 0.6) is 0 Å². The van der Waals surface area contributed by atoms with Gasteiger partial charge in [-0.15, -0.1) is 12.4 Å². The SMILES string of the molecule is CC1CCN(C(=O)CCC2CCNCC2)C1c1cccc(F)c1.Cl. The molecule has 134 valence electrons. The first-order chi connectivity index (χ1) is 11.1. The van der Waals surface area contributed by atoms with E-state index in [1.165, 1.54) is 18.9 Å². The Kier molecular flexibility index (Phi) is 7.05. The van der Waals surface area contributed by atoms with Gasteiger partial charge in [-0.1, -0.05) is 19.1 Å². The number of rotatable bonds is 4. The van der Waals surface area contributed by atoms with Crippen LogP contribution in [0, 0.1) is 17.7 Å². The van der Waals surface area contributed by atoms with Crippen LogP contribution < -0.4 is 5.32 Å². The molecule has 2 aliphatic heterocycles. The Morgan fingerprint density at radius 3 is 2.75 bits per heavy atom. The van der Waals surface area contributed by atoms with E-state index in [1.54, 1.807) is 12.1 Å². The summed E-state index contributed by atoms with van der Waals surface area (Å²) in [6, 6.07) is 6.77. The molecule has 2 fully saturated rings. The summed E-state index contributed by atoms with van der Waals surface area (Å²) in [7, 11) is 0. The van der Waals surface area contributed by atoms with Gasteiger partial charge in [-0.3, -0.25) is 4.79 Å². The molecule has 0 saturated carbocycles. The number of benzene rings is 1. The molecule has 0 radical (unpaired) electrons. The molecule has 2 atom stereocenters. The summed E-state index contributed by atoms with van der Waals surface area (Å²) in [6.07, 6.45) is 4.97. The monoisotopic (exact) mass is 354 g/mol. The van der Waals surface area contributed by atoms with Gasteiger partial charge in [0.05, 0.1) is 6.04 Å². The van der Waals surface area contributed by atoms with Crippen LogP contribution in [0.25, 0.3) is 0 Å². The molecule has 1 amide bonds. The maximum atomic E-state index is 13.6. The summed E-state index contributed by atoms with van der Waals surface area (Å²) in [5.74, 6) is 1.08. The fourth-order valence-electron chi connectivity index (χ4n) is 4.07. The van der Waals surface area contributed by atoms with Crippen molar-refractivity contribution in [3.05, 3.63) is 35.6 Å². The quantitative estimate of drug-likeness (QED) is 0.888. The smallest absolute Gasteiger partial charge is 0.223 e. The van der Waals surface area contributed by atoms with Crippen molar-refractivity contribution < 1.29 is 9.18 Å². The Labute approximate surface area is 150 Å². The minimum atomic E-state index is -0.219. The third-order valence-corrected chi connectivity index (χ3v) is 5.44. The Balaban J connectivity index is 0.00000208. The second-order valence-corrected chi connectivity index (χ2v) is 7.08. The zero-order valence-corrected chi connectivity index (χ0v) is 15.2. The first-order valence-corrected chi connectivity index (χ1v) is 8.91. The highest BCUT2D eigenvalue weighted by atomic mass is 35.5. The van der Waals surface area contributed by atoms with Gasteiger partial charge in [-0.25, -0.2) is 4.39 Å². The van der Waals surface area contributed by atoms with E-state index in [1.807, 2.05) is 11.0 Å². The van der Waals surface area contributed by atoms with E-state index in [-0.39, 0.29) is 30.2 Å². The molecule has 0 aromatic heterocycles. The van der Waals surface area contributed by atoms with Gasteiger partial charge in [-0.2, -0.15) is 0 Å². The minimum absolute atomic E-state index is 0. The van der Waals surface area contributed by atoms with Gasteiger partial charge < -0.3 is 10.2 Å². The van der Waals surface area contributed by atoms with E-state index in [0.29, 0.717) is 18.3 Å². The van der Waals surface area contributed by atoms with Crippen LogP contribution in [0.15, 0.2) is 24.3 Å². The Bertz CT molecular complexity index is 548. The topological polar surface area (TPSA) is 32.3 Å². The molecule has 5 heteroatoms. The fourth-order valence-corrected chi connectivity index (χ4v) is 4.07. The molecule has 1 N–H and O–H groups in total. The van der Waals surface area contributed by atoms with Gasteiger partial charge in [0.25, 0.3) is 0 Å². The van der Waals surface area contributed by atoms with Crippen molar-refractivity contribution in [2.24, 2.45) is 11.8 Å². The van der Waals surface area contributed by atoms with Crippen molar-refractivity contribution in [2.45, 2.75) is 45.1 Å². The fraction of sp³-hybridized carbons (Fsp3) is 0.632. The molecule has 2 saturated heterocycles. The molecule has 2 heterocycles. The van der Waals surface area contributed by atoms with Crippen molar-refractivity contribution in [2.75, 3.05) is 19.6 Å². The number of halogens is 2. The average molecular weight is 355 g/mol. The molecular weight excluding hydrogens is 327 g/mol. The minimum Gasteiger partial charge on any atom is -0.335 e. The highest BCUT2D eigenvalue weighted by Crippen LogP contribution is 2.37. The molecule has 24 heavy (non-hydrogen) atoms. The number of likely N-dealkylation sites (tertiary alicyclic amines) is 1. The van der Waals surface area contributed by atoms with Crippen molar-refractivity contribution in [1.82, 2.24) is 10.2 Å². The van der Waals surface area contributed by atoms with Crippen molar-refractivity contribution >= 4 is 18.3 Å². The molecular formula is C19H28ClFN2O. The number of amides is 1. The first kappa shape index (κ1) is 19.2. The lowest BCUT2D eigenvalue weighted by Crippen LogP contribution is -2.33. The number of carbonyl (C=O) groups excluding carboxylic acids is 1. The summed E-state index contributed by atoms with van der Waals surface area (Å²) < 4.78 is 13.6. The molecule has 1 aromatic rings. The van der Waals surface area contributed by atoms with Crippen LogP contribution in [0.1, 0.15) is 50.6 Å². The molecule has 2 unspecified atom stereocenters. The predicted molar refractivity (Wildman–Crippen MR) is 96.7 cm³/mol. The first-order valence-electron chi connectivity index (χ1n) is 8.91. The van der Waals surface area contributed by atoms with E-state index in [4.69, 9.17) is 0 Å². The molecule has 0 aliphatic carbocycles. The van der Waals surface area contributed by atoms with Gasteiger partial charge in [-0.05, 0) is 68.3 Å². The largest absolute Gasteiger partial charge is 0.335 e. The molecule has 0 bridgehead atoms. The normalized spacial score (nSPS) is 24.7. The summed E-state index contributed by atoms with van der Waals surface area (Å²) >= 11 is 0. The van der Waals surface area contributed by atoms with Crippen molar-refractivity contribution in [1.29, 1.82) is 0 Å². The van der Waals surface area contributed by atoms with E-state index < -0.39 is 0 Å².